The molecular formula is C21H27N2S+. The second-order valence-electron chi connectivity index (χ2n) is 6.55. The second-order valence-corrected chi connectivity index (χ2v) is 6.99. The molecule has 0 atom stereocenters. The van der Waals surface area contributed by atoms with Crippen molar-refractivity contribution in [3.05, 3.63) is 59.4 Å². The summed E-state index contributed by atoms with van der Waals surface area (Å²) in [7, 11) is 2.18. The van der Waals surface area contributed by atoms with Crippen molar-refractivity contribution >= 4 is 30.5 Å². The van der Waals surface area contributed by atoms with Crippen molar-refractivity contribution in [3.63, 3.8) is 0 Å². The summed E-state index contributed by atoms with van der Waals surface area (Å²) >= 11 is 4.26. The van der Waals surface area contributed by atoms with Crippen LogP contribution in [0.15, 0.2) is 42.7 Å². The summed E-state index contributed by atoms with van der Waals surface area (Å²) < 4.78 is 2.25. The van der Waals surface area contributed by atoms with Gasteiger partial charge in [-0.3, -0.25) is 0 Å². The van der Waals surface area contributed by atoms with Crippen LogP contribution < -0.4 is 9.47 Å². The first-order valence-corrected chi connectivity index (χ1v) is 9.51. The molecule has 1 aliphatic heterocycles. The molecule has 0 fully saturated rings. The van der Waals surface area contributed by atoms with Crippen molar-refractivity contribution in [1.29, 1.82) is 0 Å². The molecule has 2 aromatic rings. The van der Waals surface area contributed by atoms with Gasteiger partial charge in [0.2, 0.25) is 0 Å². The molecule has 0 saturated carbocycles. The topological polar surface area (TPSA) is 7.12 Å². The summed E-state index contributed by atoms with van der Waals surface area (Å²) in [6.45, 7) is 2.24. The Labute approximate surface area is 151 Å². The van der Waals surface area contributed by atoms with Crippen LogP contribution in [0.4, 0.5) is 5.69 Å². The Morgan fingerprint density at radius 1 is 1.08 bits per heavy atom. The number of hydrogen-bond donors (Lipinski definition) is 1. The average molecular weight is 340 g/mol. The zero-order chi connectivity index (χ0) is 16.8. The fraction of sp³-hybridized carbons (Fsp3) is 0.381. The fourth-order valence-electron chi connectivity index (χ4n) is 3.24. The summed E-state index contributed by atoms with van der Waals surface area (Å²) in [5.74, 6) is 0.970. The third-order valence-electron chi connectivity index (χ3n) is 4.66. The summed E-state index contributed by atoms with van der Waals surface area (Å²) in [6.07, 6.45) is 13.6. The van der Waals surface area contributed by atoms with Crippen LogP contribution in [0, 0.1) is 0 Å². The van der Waals surface area contributed by atoms with Gasteiger partial charge in [-0.2, -0.15) is 12.6 Å². The number of benzene rings is 1. The number of hydrogen-bond acceptors (Lipinski definition) is 2. The van der Waals surface area contributed by atoms with E-state index in [9.17, 15) is 0 Å². The first kappa shape index (κ1) is 17.1. The Hall–Kier alpha value is -1.74. The van der Waals surface area contributed by atoms with Crippen LogP contribution in [-0.4, -0.2) is 19.3 Å². The lowest BCUT2D eigenvalue weighted by molar-refractivity contribution is -0.697. The normalized spacial score (nSPS) is 14.2. The number of unbranched alkanes of at least 4 members (excludes halogenated alkanes) is 1. The van der Waals surface area contributed by atoms with E-state index in [1.165, 1.54) is 54.6 Å². The van der Waals surface area contributed by atoms with Crippen LogP contribution in [-0.2, 0) is 13.0 Å². The van der Waals surface area contributed by atoms with Crippen molar-refractivity contribution in [2.75, 3.05) is 24.2 Å². The molecule has 1 aromatic carbocycles. The highest BCUT2D eigenvalue weighted by Gasteiger charge is 2.12. The van der Waals surface area contributed by atoms with Gasteiger partial charge in [-0.25, -0.2) is 4.57 Å². The van der Waals surface area contributed by atoms with E-state index in [4.69, 9.17) is 0 Å². The molecular weight excluding hydrogens is 312 g/mol. The van der Waals surface area contributed by atoms with Crippen molar-refractivity contribution in [1.82, 2.24) is 0 Å². The Morgan fingerprint density at radius 2 is 1.88 bits per heavy atom. The molecule has 2 heterocycles. The lowest BCUT2D eigenvalue weighted by Gasteiger charge is -2.27. The lowest BCUT2D eigenvalue weighted by Crippen LogP contribution is -2.32. The van der Waals surface area contributed by atoms with Crippen LogP contribution in [0.25, 0.3) is 12.2 Å². The predicted octanol–water partition coefficient (Wildman–Crippen LogP) is 4.24. The zero-order valence-electron chi connectivity index (χ0n) is 14.5. The van der Waals surface area contributed by atoms with E-state index >= 15 is 0 Å². The molecule has 0 saturated heterocycles. The van der Waals surface area contributed by atoms with Crippen LogP contribution in [0.2, 0.25) is 0 Å². The summed E-state index contributed by atoms with van der Waals surface area (Å²) in [6, 6.07) is 11.2. The summed E-state index contributed by atoms with van der Waals surface area (Å²) in [5.41, 5.74) is 5.39. The van der Waals surface area contributed by atoms with Gasteiger partial charge in [-0.15, -0.1) is 0 Å². The zero-order valence-corrected chi connectivity index (χ0v) is 15.4. The highest BCUT2D eigenvalue weighted by atomic mass is 32.1. The SMILES string of the molecule is CN1CCCc2cc(/C=C/c3cc[n+](CCCCS)cc3)ccc21. The van der Waals surface area contributed by atoms with Crippen LogP contribution >= 0.6 is 12.6 Å². The minimum Gasteiger partial charge on any atom is -0.374 e. The van der Waals surface area contributed by atoms with Gasteiger partial charge in [0.1, 0.15) is 6.54 Å². The number of nitrogens with zero attached hydrogens (tertiary/aromatic N) is 2. The van der Waals surface area contributed by atoms with E-state index in [0.717, 1.165) is 12.3 Å². The second kappa shape index (κ2) is 8.39. The molecule has 126 valence electrons. The number of aromatic nitrogens is 1. The maximum absolute atomic E-state index is 4.26. The molecule has 3 heteroatoms. The maximum atomic E-state index is 4.26. The molecule has 2 nitrogen and oxygen atoms in total. The number of anilines is 1. The Kier molecular flexibility index (Phi) is 5.97. The molecule has 24 heavy (non-hydrogen) atoms. The van der Waals surface area contributed by atoms with Crippen LogP contribution in [0.3, 0.4) is 0 Å². The van der Waals surface area contributed by atoms with Gasteiger partial charge in [0.05, 0.1) is 0 Å². The Morgan fingerprint density at radius 3 is 2.67 bits per heavy atom. The van der Waals surface area contributed by atoms with Crippen LogP contribution in [0.1, 0.15) is 36.0 Å². The van der Waals surface area contributed by atoms with Crippen molar-refractivity contribution in [3.8, 4) is 0 Å². The van der Waals surface area contributed by atoms with E-state index in [0.29, 0.717) is 0 Å². The van der Waals surface area contributed by atoms with Gasteiger partial charge in [-0.05, 0) is 53.8 Å². The number of thiol groups is 1. The highest BCUT2D eigenvalue weighted by Crippen LogP contribution is 2.27. The summed E-state index contributed by atoms with van der Waals surface area (Å²) in [4.78, 5) is 2.36. The molecule has 0 N–H and O–H groups in total. The molecule has 0 aliphatic carbocycles. The molecule has 0 radical (unpaired) electrons. The van der Waals surface area contributed by atoms with Gasteiger partial charge >= 0.3 is 0 Å². The average Bonchev–Trinajstić information content (AvgIpc) is 2.61. The van der Waals surface area contributed by atoms with E-state index in [-0.39, 0.29) is 0 Å². The fourth-order valence-corrected chi connectivity index (χ4v) is 3.46. The van der Waals surface area contributed by atoms with Gasteiger partial charge in [-0.1, -0.05) is 18.2 Å². The van der Waals surface area contributed by atoms with Gasteiger partial charge in [0.15, 0.2) is 12.4 Å². The predicted molar refractivity (Wildman–Crippen MR) is 107 cm³/mol. The molecule has 1 aliphatic rings. The molecule has 0 amide bonds. The number of rotatable bonds is 6. The molecule has 0 unspecified atom stereocenters. The number of pyridine rings is 1. The molecule has 1 aromatic heterocycles. The number of fused-ring (bicyclic) bond motifs is 1. The van der Waals surface area contributed by atoms with Gasteiger partial charge in [0, 0.05) is 37.8 Å². The van der Waals surface area contributed by atoms with Gasteiger partial charge in [0.25, 0.3) is 0 Å². The highest BCUT2D eigenvalue weighted by molar-refractivity contribution is 7.80. The minimum atomic E-state index is 0.970. The van der Waals surface area contributed by atoms with Crippen molar-refractivity contribution < 1.29 is 4.57 Å². The maximum Gasteiger partial charge on any atom is 0.169 e. The largest absolute Gasteiger partial charge is 0.374 e. The van der Waals surface area contributed by atoms with E-state index in [2.05, 4.69) is 84.0 Å². The Bertz CT molecular complexity index is 691. The molecule has 3 rings (SSSR count). The van der Waals surface area contributed by atoms with Crippen molar-refractivity contribution in [2.24, 2.45) is 0 Å². The molecule has 0 spiro atoms. The smallest absolute Gasteiger partial charge is 0.169 e. The first-order chi connectivity index (χ1) is 11.8. The standard InChI is InChI=1S/C21H26N2S/c1-22-12-4-5-20-17-19(8-9-21(20)22)7-6-18-10-14-23(15-11-18)13-2-3-16-24/h6-11,14-15,17H,2-5,12-13,16H2,1H3/p+1. The van der Waals surface area contributed by atoms with Crippen LogP contribution in [0.5, 0.6) is 0 Å². The Balaban J connectivity index is 1.65. The van der Waals surface area contributed by atoms with E-state index in [1.807, 2.05) is 0 Å². The number of aryl methyl sites for hydroxylation is 2. The molecule has 0 bridgehead atoms. The van der Waals surface area contributed by atoms with Crippen molar-refractivity contribution in [2.45, 2.75) is 32.2 Å². The van der Waals surface area contributed by atoms with E-state index in [1.54, 1.807) is 0 Å². The third-order valence-corrected chi connectivity index (χ3v) is 4.98. The van der Waals surface area contributed by atoms with Gasteiger partial charge < -0.3 is 4.90 Å². The minimum absolute atomic E-state index is 0.970. The third kappa shape index (κ3) is 4.41. The van der Waals surface area contributed by atoms with E-state index < -0.39 is 0 Å². The summed E-state index contributed by atoms with van der Waals surface area (Å²) in [5, 5.41) is 0. The lowest BCUT2D eigenvalue weighted by atomic mass is 9.99. The quantitative estimate of drug-likeness (QED) is 0.470. The monoisotopic (exact) mass is 339 g/mol. The first-order valence-electron chi connectivity index (χ1n) is 8.88.